The van der Waals surface area contributed by atoms with Crippen molar-refractivity contribution in [3.05, 3.63) is 11.8 Å². The van der Waals surface area contributed by atoms with E-state index >= 15 is 0 Å². The molecule has 1 amide bonds. The van der Waals surface area contributed by atoms with E-state index in [1.54, 1.807) is 13.0 Å². The van der Waals surface area contributed by atoms with E-state index in [1.807, 2.05) is 6.92 Å². The van der Waals surface area contributed by atoms with E-state index in [9.17, 15) is 9.59 Å². The van der Waals surface area contributed by atoms with Crippen LogP contribution in [0.3, 0.4) is 0 Å². The van der Waals surface area contributed by atoms with Gasteiger partial charge in [0.25, 0.3) is 5.91 Å². The first kappa shape index (κ1) is 12.6. The third-order valence-electron chi connectivity index (χ3n) is 2.95. The highest BCUT2D eigenvalue weighted by molar-refractivity contribution is 5.94. The second kappa shape index (κ2) is 4.80. The predicted octanol–water partition coefficient (Wildman–Crippen LogP) is 1.51. The Balaban J connectivity index is 1.83. The fraction of sp³-hybridized carbons (Fsp3) is 0.583. The van der Waals surface area contributed by atoms with Crippen LogP contribution in [0.25, 0.3) is 0 Å². The van der Waals surface area contributed by atoms with E-state index in [0.29, 0.717) is 17.5 Å². The number of aryl methyl sites for hydroxylation is 1. The summed E-state index contributed by atoms with van der Waals surface area (Å²) in [5.41, 5.74) is 0. The van der Waals surface area contributed by atoms with Crippen LogP contribution in [0.1, 0.15) is 26.0 Å². The lowest BCUT2D eigenvalue weighted by Gasteiger charge is -2.11. The fourth-order valence-electron chi connectivity index (χ4n) is 1.62. The number of amides is 1. The molecule has 0 aromatic carbocycles. The van der Waals surface area contributed by atoms with Crippen LogP contribution in [0, 0.1) is 18.8 Å². The number of nitrogens with one attached hydrogen (secondary N) is 1. The Kier molecular flexibility index (Phi) is 3.36. The minimum absolute atomic E-state index is 0.0467. The van der Waals surface area contributed by atoms with Crippen molar-refractivity contribution in [1.82, 2.24) is 5.16 Å². The molecular formula is C12H16N2O4. The highest BCUT2D eigenvalue weighted by Gasteiger charge is 2.41. The maximum Gasteiger partial charge on any atom is 0.309 e. The standard InChI is InChI=1S/C12H16N2O4/c1-6-4-9(6)12(16)17-8(3)11(15)13-10-5-7(2)18-14-10/h5-6,8-9H,4H2,1-3H3,(H,13,14,15)/t6-,8+,9-/m1/s1. The second-order valence-electron chi connectivity index (χ2n) is 4.71. The molecule has 6 heteroatoms. The first-order chi connectivity index (χ1) is 8.47. The van der Waals surface area contributed by atoms with Crippen molar-refractivity contribution < 1.29 is 18.8 Å². The molecule has 0 unspecified atom stereocenters. The molecule has 1 N–H and O–H groups in total. The van der Waals surface area contributed by atoms with Gasteiger partial charge in [0.15, 0.2) is 11.9 Å². The molecule has 2 rings (SSSR count). The van der Waals surface area contributed by atoms with Gasteiger partial charge in [-0.25, -0.2) is 0 Å². The fourth-order valence-corrected chi connectivity index (χ4v) is 1.62. The maximum atomic E-state index is 11.7. The summed E-state index contributed by atoms with van der Waals surface area (Å²) in [4.78, 5) is 23.3. The smallest absolute Gasteiger partial charge is 0.309 e. The highest BCUT2D eigenvalue weighted by Crippen LogP contribution is 2.38. The zero-order chi connectivity index (χ0) is 13.3. The van der Waals surface area contributed by atoms with E-state index in [-0.39, 0.29) is 11.9 Å². The molecular weight excluding hydrogens is 236 g/mol. The van der Waals surface area contributed by atoms with Crippen LogP contribution in [-0.4, -0.2) is 23.1 Å². The number of nitrogens with zero attached hydrogens (tertiary/aromatic N) is 1. The van der Waals surface area contributed by atoms with Crippen LogP contribution in [0.4, 0.5) is 5.82 Å². The van der Waals surface area contributed by atoms with Crippen molar-refractivity contribution in [3.63, 3.8) is 0 Å². The van der Waals surface area contributed by atoms with Crippen molar-refractivity contribution in [2.24, 2.45) is 11.8 Å². The Bertz CT molecular complexity index is 468. The Labute approximate surface area is 105 Å². The molecule has 1 aromatic heterocycles. The van der Waals surface area contributed by atoms with E-state index in [2.05, 4.69) is 10.5 Å². The van der Waals surface area contributed by atoms with Gasteiger partial charge in [0, 0.05) is 6.07 Å². The number of esters is 1. The van der Waals surface area contributed by atoms with Crippen molar-refractivity contribution in [1.29, 1.82) is 0 Å². The lowest BCUT2D eigenvalue weighted by molar-refractivity contribution is -0.154. The van der Waals surface area contributed by atoms with Gasteiger partial charge in [-0.05, 0) is 26.2 Å². The number of rotatable bonds is 4. The maximum absolute atomic E-state index is 11.7. The SMILES string of the molecule is Cc1cc(NC(=O)[C@H](C)OC(=O)[C@@H]2C[C@H]2C)no1. The van der Waals surface area contributed by atoms with Crippen LogP contribution in [0.5, 0.6) is 0 Å². The quantitative estimate of drug-likeness (QED) is 0.821. The van der Waals surface area contributed by atoms with Gasteiger partial charge in [-0.2, -0.15) is 0 Å². The third-order valence-corrected chi connectivity index (χ3v) is 2.95. The minimum atomic E-state index is -0.831. The first-order valence-corrected chi connectivity index (χ1v) is 5.92. The zero-order valence-electron chi connectivity index (χ0n) is 10.6. The van der Waals surface area contributed by atoms with Crippen LogP contribution in [0.2, 0.25) is 0 Å². The minimum Gasteiger partial charge on any atom is -0.452 e. The van der Waals surface area contributed by atoms with Crippen molar-refractivity contribution in [3.8, 4) is 0 Å². The van der Waals surface area contributed by atoms with Gasteiger partial charge in [0.2, 0.25) is 0 Å². The lowest BCUT2D eigenvalue weighted by Crippen LogP contribution is -2.30. The molecule has 0 radical (unpaired) electrons. The van der Waals surface area contributed by atoms with Gasteiger partial charge in [-0.1, -0.05) is 12.1 Å². The number of hydrogen-bond acceptors (Lipinski definition) is 5. The van der Waals surface area contributed by atoms with Gasteiger partial charge in [0.1, 0.15) is 5.76 Å². The van der Waals surface area contributed by atoms with Gasteiger partial charge >= 0.3 is 5.97 Å². The summed E-state index contributed by atoms with van der Waals surface area (Å²) in [5.74, 6) is 0.522. The molecule has 0 aliphatic heterocycles. The van der Waals surface area contributed by atoms with Gasteiger partial charge in [-0.15, -0.1) is 0 Å². The molecule has 3 atom stereocenters. The second-order valence-corrected chi connectivity index (χ2v) is 4.71. The molecule has 1 aliphatic rings. The Hall–Kier alpha value is -1.85. The van der Waals surface area contributed by atoms with Gasteiger partial charge in [-0.3, -0.25) is 9.59 Å². The molecule has 1 heterocycles. The molecule has 0 saturated heterocycles. The average Bonchev–Trinajstić information content (AvgIpc) is 2.90. The summed E-state index contributed by atoms with van der Waals surface area (Å²) in [6.07, 6.45) is 0.0117. The number of ether oxygens (including phenoxy) is 1. The number of carbonyl (C=O) groups is 2. The lowest BCUT2D eigenvalue weighted by atomic mass is 10.3. The van der Waals surface area contributed by atoms with Crippen LogP contribution < -0.4 is 5.32 Å². The monoisotopic (exact) mass is 252 g/mol. The summed E-state index contributed by atoms with van der Waals surface area (Å²) in [6, 6.07) is 1.59. The van der Waals surface area contributed by atoms with Crippen LogP contribution >= 0.6 is 0 Å². The molecule has 1 fully saturated rings. The first-order valence-electron chi connectivity index (χ1n) is 5.92. The number of anilines is 1. The molecule has 18 heavy (non-hydrogen) atoms. The number of carbonyl (C=O) groups excluding carboxylic acids is 2. The van der Waals surface area contributed by atoms with Crippen LogP contribution in [0.15, 0.2) is 10.6 Å². The average molecular weight is 252 g/mol. The summed E-state index contributed by atoms with van der Waals surface area (Å²) < 4.78 is 9.89. The largest absolute Gasteiger partial charge is 0.452 e. The summed E-state index contributed by atoms with van der Waals surface area (Å²) in [6.45, 7) is 5.24. The molecule has 98 valence electrons. The molecule has 1 aliphatic carbocycles. The predicted molar refractivity (Wildman–Crippen MR) is 62.7 cm³/mol. The topological polar surface area (TPSA) is 81.4 Å². The third kappa shape index (κ3) is 2.88. The van der Waals surface area contributed by atoms with Gasteiger partial charge in [0.05, 0.1) is 5.92 Å². The van der Waals surface area contributed by atoms with E-state index in [1.165, 1.54) is 6.92 Å². The normalized spacial score (nSPS) is 23.3. The van der Waals surface area contributed by atoms with E-state index < -0.39 is 12.0 Å². The molecule has 6 nitrogen and oxygen atoms in total. The summed E-state index contributed by atoms with van der Waals surface area (Å²) in [5, 5.41) is 6.15. The Morgan fingerprint density at radius 2 is 2.28 bits per heavy atom. The molecule has 0 spiro atoms. The highest BCUT2D eigenvalue weighted by atomic mass is 16.5. The van der Waals surface area contributed by atoms with Crippen LogP contribution in [-0.2, 0) is 14.3 Å². The van der Waals surface area contributed by atoms with Crippen molar-refractivity contribution >= 4 is 17.7 Å². The number of aromatic nitrogens is 1. The van der Waals surface area contributed by atoms with E-state index in [0.717, 1.165) is 6.42 Å². The molecule has 1 aromatic rings. The molecule has 0 bridgehead atoms. The van der Waals surface area contributed by atoms with Crippen molar-refractivity contribution in [2.45, 2.75) is 33.3 Å². The number of hydrogen-bond donors (Lipinski definition) is 1. The van der Waals surface area contributed by atoms with E-state index in [4.69, 9.17) is 9.26 Å². The Morgan fingerprint density at radius 1 is 1.61 bits per heavy atom. The molecule has 1 saturated carbocycles. The summed E-state index contributed by atoms with van der Waals surface area (Å²) >= 11 is 0. The van der Waals surface area contributed by atoms with Gasteiger partial charge < -0.3 is 14.6 Å². The summed E-state index contributed by atoms with van der Waals surface area (Å²) in [7, 11) is 0. The van der Waals surface area contributed by atoms with Crippen molar-refractivity contribution in [2.75, 3.05) is 5.32 Å². The Morgan fingerprint density at radius 3 is 2.78 bits per heavy atom. The zero-order valence-corrected chi connectivity index (χ0v) is 10.6.